The second-order valence-electron chi connectivity index (χ2n) is 5.73. The largest absolute Gasteiger partial charge is 0.485 e. The Morgan fingerprint density at radius 2 is 2.14 bits per heavy atom. The van der Waals surface area contributed by atoms with Gasteiger partial charge in [-0.05, 0) is 12.1 Å². The maximum atomic E-state index is 11.1. The molecule has 0 aliphatic rings. The van der Waals surface area contributed by atoms with Gasteiger partial charge in [-0.25, -0.2) is 9.78 Å². The molecule has 0 amide bonds. The molecule has 0 bridgehead atoms. The predicted octanol–water partition coefficient (Wildman–Crippen LogP) is 3.30. The summed E-state index contributed by atoms with van der Waals surface area (Å²) in [7, 11) is 0. The number of nitrogens with two attached hydrogens (primary N) is 1. The summed E-state index contributed by atoms with van der Waals surface area (Å²) >= 11 is 1.50. The van der Waals surface area contributed by atoms with E-state index in [-0.39, 0.29) is 23.3 Å². The summed E-state index contributed by atoms with van der Waals surface area (Å²) in [5.74, 6) is -0.783. The first kappa shape index (κ1) is 15.3. The van der Waals surface area contributed by atoms with Crippen LogP contribution in [0.15, 0.2) is 23.6 Å². The van der Waals surface area contributed by atoms with Gasteiger partial charge >= 0.3 is 5.97 Å². The molecule has 112 valence electrons. The quantitative estimate of drug-likeness (QED) is 0.846. The van der Waals surface area contributed by atoms with Gasteiger partial charge in [-0.3, -0.25) is 0 Å². The lowest BCUT2D eigenvalue weighted by molar-refractivity contribution is 0.0692. The van der Waals surface area contributed by atoms with Gasteiger partial charge in [0.1, 0.15) is 22.9 Å². The molecule has 0 atom stereocenters. The van der Waals surface area contributed by atoms with E-state index in [4.69, 9.17) is 15.6 Å². The maximum absolute atomic E-state index is 11.1. The Bertz CT molecular complexity index is 659. The number of carboxylic acids is 1. The van der Waals surface area contributed by atoms with E-state index in [1.807, 2.05) is 5.38 Å². The lowest BCUT2D eigenvalue weighted by Crippen LogP contribution is -2.11. The minimum absolute atomic E-state index is 0.0157. The monoisotopic (exact) mass is 306 g/mol. The molecule has 0 aliphatic heterocycles. The summed E-state index contributed by atoms with van der Waals surface area (Å²) in [5.41, 5.74) is 7.21. The van der Waals surface area contributed by atoms with E-state index >= 15 is 0 Å². The van der Waals surface area contributed by atoms with Crippen LogP contribution in [0.1, 0.15) is 41.8 Å². The van der Waals surface area contributed by atoms with Gasteiger partial charge in [0, 0.05) is 22.5 Å². The number of aromatic carboxylic acids is 1. The molecule has 0 radical (unpaired) electrons. The first-order chi connectivity index (χ1) is 9.77. The molecule has 6 heteroatoms. The fraction of sp³-hybridized carbons (Fsp3) is 0.333. The van der Waals surface area contributed by atoms with Crippen LogP contribution >= 0.6 is 11.3 Å². The van der Waals surface area contributed by atoms with E-state index < -0.39 is 5.97 Å². The zero-order valence-electron chi connectivity index (χ0n) is 12.2. The highest BCUT2D eigenvalue weighted by molar-refractivity contribution is 7.09. The fourth-order valence-electron chi connectivity index (χ4n) is 1.70. The van der Waals surface area contributed by atoms with E-state index in [2.05, 4.69) is 25.8 Å². The Morgan fingerprint density at radius 3 is 2.71 bits per heavy atom. The third-order valence-corrected chi connectivity index (χ3v) is 3.73. The molecule has 1 aromatic carbocycles. The second kappa shape index (κ2) is 5.73. The van der Waals surface area contributed by atoms with Crippen LogP contribution in [0.25, 0.3) is 0 Å². The molecule has 1 heterocycles. The number of nitrogen functional groups attached to an aromatic ring is 1. The van der Waals surface area contributed by atoms with Gasteiger partial charge in [0.05, 0.1) is 5.69 Å². The predicted molar refractivity (Wildman–Crippen MR) is 83.0 cm³/mol. The number of carboxylic acid groups (broad SMARTS) is 1. The van der Waals surface area contributed by atoms with Crippen molar-refractivity contribution in [3.63, 3.8) is 0 Å². The first-order valence-corrected chi connectivity index (χ1v) is 7.36. The molecule has 2 rings (SSSR count). The maximum Gasteiger partial charge on any atom is 0.339 e. The van der Waals surface area contributed by atoms with Crippen LogP contribution in [0.5, 0.6) is 5.75 Å². The number of hydrogen-bond donors (Lipinski definition) is 2. The van der Waals surface area contributed by atoms with Gasteiger partial charge in [0.2, 0.25) is 0 Å². The van der Waals surface area contributed by atoms with Crippen molar-refractivity contribution >= 4 is 23.0 Å². The normalized spacial score (nSPS) is 11.4. The fourth-order valence-corrected chi connectivity index (χ4v) is 2.63. The molecule has 0 spiro atoms. The molecule has 3 N–H and O–H groups in total. The Hall–Kier alpha value is -2.08. The van der Waals surface area contributed by atoms with Crippen molar-refractivity contribution in [2.45, 2.75) is 32.8 Å². The van der Waals surface area contributed by atoms with Gasteiger partial charge in [-0.2, -0.15) is 0 Å². The average Bonchev–Trinajstić information content (AvgIpc) is 2.84. The first-order valence-electron chi connectivity index (χ1n) is 6.48. The molecule has 5 nitrogen and oxygen atoms in total. The summed E-state index contributed by atoms with van der Waals surface area (Å²) in [5, 5.41) is 11.9. The van der Waals surface area contributed by atoms with Crippen LogP contribution in [0, 0.1) is 0 Å². The second-order valence-corrected chi connectivity index (χ2v) is 6.67. The van der Waals surface area contributed by atoms with Gasteiger partial charge < -0.3 is 15.6 Å². The third-order valence-electron chi connectivity index (χ3n) is 2.91. The number of rotatable bonds is 4. The lowest BCUT2D eigenvalue weighted by Gasteiger charge is -2.14. The molecule has 0 fully saturated rings. The standard InChI is InChI=1S/C15H18N2O3S/c1-15(2,3)12-8-21-13(17-12)7-20-11-6-9(16)4-5-10(11)14(18)19/h4-6,8H,7,16H2,1-3H3,(H,18,19). The minimum Gasteiger partial charge on any atom is -0.485 e. The third kappa shape index (κ3) is 3.72. The summed E-state index contributed by atoms with van der Waals surface area (Å²) in [4.78, 5) is 15.7. The van der Waals surface area contributed by atoms with E-state index in [9.17, 15) is 4.79 Å². The zero-order valence-corrected chi connectivity index (χ0v) is 13.0. The molecule has 2 aromatic rings. The van der Waals surface area contributed by atoms with Crippen LogP contribution in [-0.4, -0.2) is 16.1 Å². The molecule has 21 heavy (non-hydrogen) atoms. The molecular weight excluding hydrogens is 288 g/mol. The van der Waals surface area contributed by atoms with Crippen LogP contribution in [-0.2, 0) is 12.0 Å². The van der Waals surface area contributed by atoms with Gasteiger partial charge in [0.15, 0.2) is 0 Å². The molecule has 0 aliphatic carbocycles. The van der Waals surface area contributed by atoms with Crippen molar-refractivity contribution in [2.75, 3.05) is 5.73 Å². The molecule has 1 aromatic heterocycles. The molecule has 0 saturated carbocycles. The van der Waals surface area contributed by atoms with Crippen molar-refractivity contribution in [3.05, 3.63) is 39.8 Å². The number of aromatic nitrogens is 1. The number of carbonyl (C=O) groups is 1. The SMILES string of the molecule is CC(C)(C)c1csc(COc2cc(N)ccc2C(=O)O)n1. The number of benzene rings is 1. The topological polar surface area (TPSA) is 85.4 Å². The van der Waals surface area contributed by atoms with Crippen LogP contribution < -0.4 is 10.5 Å². The number of thiazole rings is 1. The van der Waals surface area contributed by atoms with Gasteiger partial charge in [-0.15, -0.1) is 11.3 Å². The summed E-state index contributed by atoms with van der Waals surface area (Å²) in [6.45, 7) is 6.50. The van der Waals surface area contributed by atoms with Gasteiger partial charge in [0.25, 0.3) is 0 Å². The average molecular weight is 306 g/mol. The number of anilines is 1. The Labute approximate surface area is 127 Å². The van der Waals surface area contributed by atoms with Crippen molar-refractivity contribution in [1.82, 2.24) is 4.98 Å². The molecule has 0 saturated heterocycles. The van der Waals surface area contributed by atoms with Crippen molar-refractivity contribution < 1.29 is 14.6 Å². The summed E-state index contributed by atoms with van der Waals surface area (Å²) < 4.78 is 5.58. The van der Waals surface area contributed by atoms with E-state index in [1.165, 1.54) is 29.5 Å². The van der Waals surface area contributed by atoms with Crippen molar-refractivity contribution in [2.24, 2.45) is 0 Å². The van der Waals surface area contributed by atoms with Crippen LogP contribution in [0.4, 0.5) is 5.69 Å². The highest BCUT2D eigenvalue weighted by Crippen LogP contribution is 2.26. The number of nitrogens with zero attached hydrogens (tertiary/aromatic N) is 1. The minimum atomic E-state index is -1.04. The van der Waals surface area contributed by atoms with Gasteiger partial charge in [-0.1, -0.05) is 20.8 Å². The highest BCUT2D eigenvalue weighted by Gasteiger charge is 2.18. The summed E-state index contributed by atoms with van der Waals surface area (Å²) in [6, 6.07) is 4.49. The summed E-state index contributed by atoms with van der Waals surface area (Å²) in [6.07, 6.45) is 0. The van der Waals surface area contributed by atoms with E-state index in [0.29, 0.717) is 5.69 Å². The van der Waals surface area contributed by atoms with Crippen molar-refractivity contribution in [1.29, 1.82) is 0 Å². The van der Waals surface area contributed by atoms with E-state index in [0.717, 1.165) is 10.7 Å². The Balaban J connectivity index is 2.15. The molecule has 0 unspecified atom stereocenters. The van der Waals surface area contributed by atoms with Crippen LogP contribution in [0.3, 0.4) is 0 Å². The van der Waals surface area contributed by atoms with Crippen LogP contribution in [0.2, 0.25) is 0 Å². The Morgan fingerprint density at radius 1 is 1.43 bits per heavy atom. The zero-order chi connectivity index (χ0) is 15.6. The highest BCUT2D eigenvalue weighted by atomic mass is 32.1. The lowest BCUT2D eigenvalue weighted by atomic mass is 9.93. The Kier molecular flexibility index (Phi) is 4.18. The smallest absolute Gasteiger partial charge is 0.339 e. The molecular formula is C15H18N2O3S. The number of ether oxygens (including phenoxy) is 1. The van der Waals surface area contributed by atoms with Crippen molar-refractivity contribution in [3.8, 4) is 5.75 Å². The number of hydrogen-bond acceptors (Lipinski definition) is 5. The van der Waals surface area contributed by atoms with E-state index in [1.54, 1.807) is 0 Å².